The Bertz CT molecular complexity index is 301. The maximum absolute atomic E-state index is 11.3. The van der Waals surface area contributed by atoms with Crippen LogP contribution in [0.15, 0.2) is 24.5 Å². The van der Waals surface area contributed by atoms with E-state index >= 15 is 0 Å². The van der Waals surface area contributed by atoms with Gasteiger partial charge >= 0.3 is 5.97 Å². The summed E-state index contributed by atoms with van der Waals surface area (Å²) >= 11 is 0. The normalized spacial score (nSPS) is 12.1. The first-order valence-electron chi connectivity index (χ1n) is 4.98. The van der Waals surface area contributed by atoms with E-state index in [0.29, 0.717) is 6.54 Å². The first kappa shape index (κ1) is 11.7. The topological polar surface area (TPSA) is 51.2 Å². The molecule has 1 rings (SSSR count). The quantitative estimate of drug-likeness (QED) is 0.737. The lowest BCUT2D eigenvalue weighted by atomic mass is 10.2. The second-order valence-corrected chi connectivity index (χ2v) is 3.22. The molecule has 1 heterocycles. The number of nitrogens with zero attached hydrogens (tertiary/aromatic N) is 1. The molecule has 1 unspecified atom stereocenters. The number of aromatic nitrogens is 1. The van der Waals surface area contributed by atoms with Crippen molar-refractivity contribution >= 4 is 5.97 Å². The van der Waals surface area contributed by atoms with Crippen LogP contribution >= 0.6 is 0 Å². The molecule has 1 aromatic rings. The molecule has 0 aliphatic rings. The molecule has 0 aromatic carbocycles. The van der Waals surface area contributed by atoms with Crippen LogP contribution in [0, 0.1) is 0 Å². The fourth-order valence-corrected chi connectivity index (χ4v) is 1.28. The van der Waals surface area contributed by atoms with Crippen molar-refractivity contribution in [3.63, 3.8) is 0 Å². The fraction of sp³-hybridized carbons (Fsp3) is 0.455. The molecule has 0 saturated carbocycles. The van der Waals surface area contributed by atoms with Gasteiger partial charge in [0.15, 0.2) is 0 Å². The standard InChI is InChI=1S/C11H16N2O2/c1-3-10(11(14)15-2)13-8-9-4-6-12-7-5-9/h4-7,10,13H,3,8H2,1-2H3. The Morgan fingerprint density at radius 2 is 2.20 bits per heavy atom. The minimum Gasteiger partial charge on any atom is -0.468 e. The van der Waals surface area contributed by atoms with E-state index in [2.05, 4.69) is 15.0 Å². The van der Waals surface area contributed by atoms with E-state index < -0.39 is 0 Å². The van der Waals surface area contributed by atoms with E-state index in [1.54, 1.807) is 12.4 Å². The van der Waals surface area contributed by atoms with Gasteiger partial charge in [0.2, 0.25) is 0 Å². The molecule has 0 bridgehead atoms. The molecule has 1 aromatic heterocycles. The van der Waals surface area contributed by atoms with Crippen molar-refractivity contribution in [2.45, 2.75) is 25.9 Å². The van der Waals surface area contributed by atoms with Crippen LogP contribution in [0.4, 0.5) is 0 Å². The lowest BCUT2D eigenvalue weighted by Gasteiger charge is -2.14. The smallest absolute Gasteiger partial charge is 0.322 e. The molecule has 1 atom stereocenters. The van der Waals surface area contributed by atoms with Gasteiger partial charge in [-0.15, -0.1) is 0 Å². The van der Waals surface area contributed by atoms with E-state index in [4.69, 9.17) is 0 Å². The largest absolute Gasteiger partial charge is 0.468 e. The molecule has 0 saturated heterocycles. The maximum Gasteiger partial charge on any atom is 0.322 e. The van der Waals surface area contributed by atoms with E-state index in [9.17, 15) is 4.79 Å². The predicted molar refractivity (Wildman–Crippen MR) is 57.2 cm³/mol. The zero-order valence-electron chi connectivity index (χ0n) is 9.06. The second kappa shape index (κ2) is 6.14. The van der Waals surface area contributed by atoms with E-state index in [0.717, 1.165) is 12.0 Å². The van der Waals surface area contributed by atoms with Gasteiger partial charge in [0, 0.05) is 18.9 Å². The number of methoxy groups -OCH3 is 1. The van der Waals surface area contributed by atoms with Crippen LogP contribution in [0.5, 0.6) is 0 Å². The van der Waals surface area contributed by atoms with E-state index in [-0.39, 0.29) is 12.0 Å². The lowest BCUT2D eigenvalue weighted by Crippen LogP contribution is -2.36. The SMILES string of the molecule is CCC(NCc1ccncc1)C(=O)OC. The average Bonchev–Trinajstić information content (AvgIpc) is 2.31. The number of hydrogen-bond donors (Lipinski definition) is 1. The van der Waals surface area contributed by atoms with Crippen LogP contribution < -0.4 is 5.32 Å². The minimum atomic E-state index is -0.233. The second-order valence-electron chi connectivity index (χ2n) is 3.22. The molecule has 0 fully saturated rings. The number of esters is 1. The Kier molecular flexibility index (Phi) is 4.77. The van der Waals surface area contributed by atoms with E-state index in [1.807, 2.05) is 19.1 Å². The minimum absolute atomic E-state index is 0.216. The first-order chi connectivity index (χ1) is 7.27. The van der Waals surface area contributed by atoms with Gasteiger partial charge in [-0.25, -0.2) is 0 Å². The predicted octanol–water partition coefficient (Wildman–Crippen LogP) is 1.12. The highest BCUT2D eigenvalue weighted by molar-refractivity contribution is 5.75. The molecule has 0 spiro atoms. The van der Waals surface area contributed by atoms with Gasteiger partial charge in [-0.1, -0.05) is 6.92 Å². The number of carbonyl (C=O) groups excluding carboxylic acids is 1. The summed E-state index contributed by atoms with van der Waals surface area (Å²) in [4.78, 5) is 15.2. The van der Waals surface area contributed by atoms with Gasteiger partial charge in [-0.3, -0.25) is 9.78 Å². The molecular formula is C11H16N2O2. The lowest BCUT2D eigenvalue weighted by molar-refractivity contribution is -0.143. The van der Waals surface area contributed by atoms with Gasteiger partial charge in [-0.2, -0.15) is 0 Å². The van der Waals surface area contributed by atoms with Gasteiger partial charge in [-0.05, 0) is 24.1 Å². The van der Waals surface area contributed by atoms with Crippen molar-refractivity contribution in [2.75, 3.05) is 7.11 Å². The highest BCUT2D eigenvalue weighted by atomic mass is 16.5. The summed E-state index contributed by atoms with van der Waals surface area (Å²) in [6.07, 6.45) is 4.18. The summed E-state index contributed by atoms with van der Waals surface area (Å²) in [5.74, 6) is -0.216. The molecule has 0 amide bonds. The number of hydrogen-bond acceptors (Lipinski definition) is 4. The van der Waals surface area contributed by atoms with Crippen molar-refractivity contribution in [1.82, 2.24) is 10.3 Å². The molecule has 0 aliphatic heterocycles. The number of rotatable bonds is 5. The zero-order chi connectivity index (χ0) is 11.1. The van der Waals surface area contributed by atoms with Crippen molar-refractivity contribution in [2.24, 2.45) is 0 Å². The Morgan fingerprint density at radius 1 is 1.53 bits per heavy atom. The molecule has 4 heteroatoms. The Hall–Kier alpha value is -1.42. The van der Waals surface area contributed by atoms with Gasteiger partial charge in [0.25, 0.3) is 0 Å². The summed E-state index contributed by atoms with van der Waals surface area (Å²) in [5, 5.41) is 3.13. The van der Waals surface area contributed by atoms with Crippen LogP contribution in [-0.4, -0.2) is 24.1 Å². The molecule has 0 radical (unpaired) electrons. The molecule has 4 nitrogen and oxygen atoms in total. The molecule has 0 aliphatic carbocycles. The van der Waals surface area contributed by atoms with Crippen molar-refractivity contribution in [1.29, 1.82) is 0 Å². The zero-order valence-corrected chi connectivity index (χ0v) is 9.06. The Labute approximate surface area is 89.7 Å². The summed E-state index contributed by atoms with van der Waals surface area (Å²) in [7, 11) is 1.40. The third-order valence-electron chi connectivity index (χ3n) is 2.20. The number of ether oxygens (including phenoxy) is 1. The molecule has 15 heavy (non-hydrogen) atoms. The monoisotopic (exact) mass is 208 g/mol. The fourth-order valence-electron chi connectivity index (χ4n) is 1.28. The summed E-state index contributed by atoms with van der Waals surface area (Å²) in [6.45, 7) is 2.59. The molecule has 1 N–H and O–H groups in total. The highest BCUT2D eigenvalue weighted by Gasteiger charge is 2.15. The van der Waals surface area contributed by atoms with E-state index in [1.165, 1.54) is 7.11 Å². The van der Waals surface area contributed by atoms with Crippen molar-refractivity contribution < 1.29 is 9.53 Å². The van der Waals surface area contributed by atoms with Crippen molar-refractivity contribution in [3.05, 3.63) is 30.1 Å². The summed E-state index contributed by atoms with van der Waals surface area (Å²) < 4.78 is 4.68. The van der Waals surface area contributed by atoms with Crippen LogP contribution in [0.25, 0.3) is 0 Å². The van der Waals surface area contributed by atoms with Crippen LogP contribution in [0.1, 0.15) is 18.9 Å². The third-order valence-corrected chi connectivity index (χ3v) is 2.20. The van der Waals surface area contributed by atoms with Gasteiger partial charge in [0.1, 0.15) is 6.04 Å². The summed E-state index contributed by atoms with van der Waals surface area (Å²) in [6, 6.07) is 3.59. The van der Waals surface area contributed by atoms with Crippen LogP contribution in [0.3, 0.4) is 0 Å². The number of nitrogens with one attached hydrogen (secondary N) is 1. The molecular weight excluding hydrogens is 192 g/mol. The maximum atomic E-state index is 11.3. The number of carbonyl (C=O) groups is 1. The van der Waals surface area contributed by atoms with Crippen LogP contribution in [0.2, 0.25) is 0 Å². The van der Waals surface area contributed by atoms with Gasteiger partial charge < -0.3 is 10.1 Å². The Morgan fingerprint density at radius 3 is 2.73 bits per heavy atom. The Balaban J connectivity index is 2.44. The summed E-state index contributed by atoms with van der Waals surface area (Å²) in [5.41, 5.74) is 1.10. The van der Waals surface area contributed by atoms with Crippen LogP contribution in [-0.2, 0) is 16.1 Å². The molecule has 82 valence electrons. The van der Waals surface area contributed by atoms with Crippen molar-refractivity contribution in [3.8, 4) is 0 Å². The third kappa shape index (κ3) is 3.67. The van der Waals surface area contributed by atoms with Gasteiger partial charge in [0.05, 0.1) is 7.11 Å². The first-order valence-corrected chi connectivity index (χ1v) is 4.98. The highest BCUT2D eigenvalue weighted by Crippen LogP contribution is 1.99. The number of pyridine rings is 1. The average molecular weight is 208 g/mol.